The zero-order valence-corrected chi connectivity index (χ0v) is 10.4. The molecule has 0 bridgehead atoms. The Labute approximate surface area is 106 Å². The fraction of sp³-hybridized carbons (Fsp3) is 0.462. The monoisotopic (exact) mass is 251 g/mol. The molecule has 98 valence electrons. The molecule has 1 fully saturated rings. The molecular formula is C13H17NO4. The third-order valence-corrected chi connectivity index (χ3v) is 2.97. The number of rotatable bonds is 4. The first-order chi connectivity index (χ1) is 8.60. The fourth-order valence-electron chi connectivity index (χ4n) is 2.05. The van der Waals surface area contributed by atoms with Crippen molar-refractivity contribution >= 4 is 11.7 Å². The van der Waals surface area contributed by atoms with E-state index in [9.17, 15) is 9.90 Å². The number of aliphatic hydroxyl groups is 1. The van der Waals surface area contributed by atoms with Crippen LogP contribution in [0, 0.1) is 0 Å². The fourth-order valence-corrected chi connectivity index (χ4v) is 2.05. The van der Waals surface area contributed by atoms with Crippen LogP contribution in [0.2, 0.25) is 0 Å². The Bertz CT molecular complexity index is 416. The predicted molar refractivity (Wildman–Crippen MR) is 66.6 cm³/mol. The van der Waals surface area contributed by atoms with Crippen LogP contribution in [0.5, 0.6) is 5.75 Å². The van der Waals surface area contributed by atoms with E-state index in [1.807, 2.05) is 24.3 Å². The number of hydrogen-bond donors (Lipinski definition) is 2. The van der Waals surface area contributed by atoms with E-state index in [-0.39, 0.29) is 18.4 Å². The van der Waals surface area contributed by atoms with E-state index in [1.54, 1.807) is 14.0 Å². The second-order valence-corrected chi connectivity index (χ2v) is 4.38. The third kappa shape index (κ3) is 2.73. The molecule has 3 atom stereocenters. The molecule has 2 rings (SSSR count). The lowest BCUT2D eigenvalue weighted by Crippen LogP contribution is -2.37. The zero-order chi connectivity index (χ0) is 13.1. The summed E-state index contributed by atoms with van der Waals surface area (Å²) in [4.78, 5) is 11.3. The van der Waals surface area contributed by atoms with Gasteiger partial charge in [0.2, 0.25) is 0 Å². The highest BCUT2D eigenvalue weighted by atomic mass is 16.6. The molecule has 1 aromatic carbocycles. The molecule has 0 saturated carbocycles. The molecule has 0 amide bonds. The summed E-state index contributed by atoms with van der Waals surface area (Å²) in [5.74, 6) is 0.485. The highest BCUT2D eigenvalue weighted by molar-refractivity contribution is 5.74. The summed E-state index contributed by atoms with van der Waals surface area (Å²) in [6.07, 6.45) is -0.923. The SMILES string of the molecule is COc1ccc(N[C@@H]2CC(=O)O[C@@H]2[C@H](C)O)cc1. The van der Waals surface area contributed by atoms with E-state index in [4.69, 9.17) is 9.47 Å². The lowest BCUT2D eigenvalue weighted by atomic mass is 10.1. The van der Waals surface area contributed by atoms with Crippen molar-refractivity contribution in [1.82, 2.24) is 0 Å². The molecule has 1 aliphatic rings. The van der Waals surface area contributed by atoms with Gasteiger partial charge in [-0.3, -0.25) is 4.79 Å². The topological polar surface area (TPSA) is 67.8 Å². The number of anilines is 1. The summed E-state index contributed by atoms with van der Waals surface area (Å²) < 4.78 is 10.1. The van der Waals surface area contributed by atoms with Crippen LogP contribution in [0.3, 0.4) is 0 Å². The van der Waals surface area contributed by atoms with Gasteiger partial charge >= 0.3 is 5.97 Å². The quantitative estimate of drug-likeness (QED) is 0.786. The molecule has 0 spiro atoms. The third-order valence-electron chi connectivity index (χ3n) is 2.97. The number of methoxy groups -OCH3 is 1. The zero-order valence-electron chi connectivity index (χ0n) is 10.4. The van der Waals surface area contributed by atoms with Crippen LogP contribution in [0.25, 0.3) is 0 Å². The number of ether oxygens (including phenoxy) is 2. The van der Waals surface area contributed by atoms with Crippen LogP contribution in [0.1, 0.15) is 13.3 Å². The van der Waals surface area contributed by atoms with Crippen molar-refractivity contribution in [3.63, 3.8) is 0 Å². The van der Waals surface area contributed by atoms with Gasteiger partial charge in [0, 0.05) is 5.69 Å². The van der Waals surface area contributed by atoms with Crippen LogP contribution in [-0.4, -0.2) is 36.4 Å². The number of hydrogen-bond acceptors (Lipinski definition) is 5. The first kappa shape index (κ1) is 12.7. The Balaban J connectivity index is 2.05. The largest absolute Gasteiger partial charge is 0.497 e. The van der Waals surface area contributed by atoms with E-state index >= 15 is 0 Å². The normalized spacial score (nSPS) is 24.5. The average molecular weight is 251 g/mol. The van der Waals surface area contributed by atoms with Gasteiger partial charge < -0.3 is 19.9 Å². The number of esters is 1. The summed E-state index contributed by atoms with van der Waals surface area (Å²) in [6.45, 7) is 1.62. The van der Waals surface area contributed by atoms with Crippen molar-refractivity contribution < 1.29 is 19.4 Å². The van der Waals surface area contributed by atoms with Crippen molar-refractivity contribution in [2.24, 2.45) is 0 Å². The first-order valence-corrected chi connectivity index (χ1v) is 5.88. The van der Waals surface area contributed by atoms with Gasteiger partial charge in [0.1, 0.15) is 11.9 Å². The Kier molecular flexibility index (Phi) is 3.72. The van der Waals surface area contributed by atoms with Gasteiger partial charge in [-0.15, -0.1) is 0 Å². The van der Waals surface area contributed by atoms with E-state index in [1.165, 1.54) is 0 Å². The summed E-state index contributed by atoms with van der Waals surface area (Å²) in [5.41, 5.74) is 0.866. The van der Waals surface area contributed by atoms with Crippen LogP contribution in [-0.2, 0) is 9.53 Å². The van der Waals surface area contributed by atoms with E-state index in [2.05, 4.69) is 5.32 Å². The Hall–Kier alpha value is -1.75. The highest BCUT2D eigenvalue weighted by Crippen LogP contribution is 2.23. The van der Waals surface area contributed by atoms with Crippen molar-refractivity contribution in [2.75, 3.05) is 12.4 Å². The van der Waals surface area contributed by atoms with Gasteiger partial charge in [-0.1, -0.05) is 0 Å². The van der Waals surface area contributed by atoms with Gasteiger partial charge in [0.05, 0.1) is 25.7 Å². The summed E-state index contributed by atoms with van der Waals surface area (Å²) >= 11 is 0. The average Bonchev–Trinajstić information content (AvgIpc) is 2.71. The molecule has 0 unspecified atom stereocenters. The number of cyclic esters (lactones) is 1. The maximum absolute atomic E-state index is 11.3. The molecule has 1 aliphatic heterocycles. The molecule has 0 radical (unpaired) electrons. The molecule has 1 saturated heterocycles. The molecule has 0 aliphatic carbocycles. The van der Waals surface area contributed by atoms with Crippen molar-refractivity contribution in [3.8, 4) is 5.75 Å². The van der Waals surface area contributed by atoms with Gasteiger partial charge in [0.25, 0.3) is 0 Å². The van der Waals surface area contributed by atoms with Gasteiger partial charge in [0.15, 0.2) is 0 Å². The number of aliphatic hydroxyl groups excluding tert-OH is 1. The molecule has 2 N–H and O–H groups in total. The maximum Gasteiger partial charge on any atom is 0.308 e. The second-order valence-electron chi connectivity index (χ2n) is 4.38. The predicted octanol–water partition coefficient (Wildman–Crippen LogP) is 1.17. The number of carbonyl (C=O) groups is 1. The van der Waals surface area contributed by atoms with Crippen molar-refractivity contribution in [3.05, 3.63) is 24.3 Å². The number of benzene rings is 1. The minimum Gasteiger partial charge on any atom is -0.497 e. The van der Waals surface area contributed by atoms with E-state index in [0.717, 1.165) is 11.4 Å². The molecule has 18 heavy (non-hydrogen) atoms. The van der Waals surface area contributed by atoms with Crippen LogP contribution in [0.4, 0.5) is 5.69 Å². The van der Waals surface area contributed by atoms with Crippen LogP contribution >= 0.6 is 0 Å². The smallest absolute Gasteiger partial charge is 0.308 e. The standard InChI is InChI=1S/C13H17NO4/c1-8(15)13-11(7-12(16)18-13)14-9-3-5-10(17-2)6-4-9/h3-6,8,11,13-15H,7H2,1-2H3/t8-,11+,13+/m0/s1. The molecule has 5 nitrogen and oxygen atoms in total. The number of carbonyl (C=O) groups excluding carboxylic acids is 1. The molecule has 1 aromatic rings. The summed E-state index contributed by atoms with van der Waals surface area (Å²) in [6, 6.07) is 7.18. The second kappa shape index (κ2) is 5.27. The van der Waals surface area contributed by atoms with Crippen molar-refractivity contribution in [2.45, 2.75) is 31.6 Å². The lowest BCUT2D eigenvalue weighted by Gasteiger charge is -2.22. The minimum atomic E-state index is -0.688. The van der Waals surface area contributed by atoms with E-state index in [0.29, 0.717) is 0 Å². The summed E-state index contributed by atoms with van der Waals surface area (Å²) in [5, 5.41) is 12.8. The van der Waals surface area contributed by atoms with Crippen LogP contribution < -0.4 is 10.1 Å². The van der Waals surface area contributed by atoms with Gasteiger partial charge in [-0.2, -0.15) is 0 Å². The molecule has 5 heteroatoms. The Morgan fingerprint density at radius 2 is 2.11 bits per heavy atom. The minimum absolute atomic E-state index is 0.203. The lowest BCUT2D eigenvalue weighted by molar-refractivity contribution is -0.144. The Morgan fingerprint density at radius 3 is 2.67 bits per heavy atom. The summed E-state index contributed by atoms with van der Waals surface area (Å²) in [7, 11) is 1.61. The molecular weight excluding hydrogens is 234 g/mol. The first-order valence-electron chi connectivity index (χ1n) is 5.88. The van der Waals surface area contributed by atoms with Crippen molar-refractivity contribution in [1.29, 1.82) is 0 Å². The maximum atomic E-state index is 11.3. The molecule has 1 heterocycles. The van der Waals surface area contributed by atoms with Crippen LogP contribution in [0.15, 0.2) is 24.3 Å². The van der Waals surface area contributed by atoms with E-state index < -0.39 is 12.2 Å². The highest BCUT2D eigenvalue weighted by Gasteiger charge is 2.37. The Morgan fingerprint density at radius 1 is 1.44 bits per heavy atom. The number of nitrogens with one attached hydrogen (secondary N) is 1. The van der Waals surface area contributed by atoms with Gasteiger partial charge in [-0.25, -0.2) is 0 Å². The van der Waals surface area contributed by atoms with Gasteiger partial charge in [-0.05, 0) is 31.2 Å². The molecule has 0 aromatic heterocycles.